The van der Waals surface area contributed by atoms with E-state index in [-0.39, 0.29) is 12.4 Å². The van der Waals surface area contributed by atoms with E-state index in [4.69, 9.17) is 4.42 Å². The molecule has 146 valence electrons. The lowest BCUT2D eigenvalue weighted by Crippen LogP contribution is -2.29. The number of halogens is 1. The lowest BCUT2D eigenvalue weighted by molar-refractivity contribution is 0.164. The Morgan fingerprint density at radius 1 is 1.07 bits per heavy atom. The highest BCUT2D eigenvalue weighted by atomic mass is 35.5. The third-order valence-corrected chi connectivity index (χ3v) is 5.04. The molecule has 28 heavy (non-hydrogen) atoms. The van der Waals surface area contributed by atoms with E-state index in [2.05, 4.69) is 35.2 Å². The van der Waals surface area contributed by atoms with Gasteiger partial charge in [0.25, 0.3) is 0 Å². The molecule has 0 saturated heterocycles. The normalized spacial score (nSPS) is 15.7. The van der Waals surface area contributed by atoms with E-state index in [0.717, 1.165) is 42.6 Å². The zero-order chi connectivity index (χ0) is 18.8. The van der Waals surface area contributed by atoms with Crippen molar-refractivity contribution in [3.63, 3.8) is 0 Å². The third-order valence-electron chi connectivity index (χ3n) is 5.04. The number of rotatable bonds is 4. The van der Waals surface area contributed by atoms with Crippen LogP contribution in [-0.2, 0) is 6.54 Å². The highest BCUT2D eigenvalue weighted by Gasteiger charge is 2.23. The molecular weight excluding hydrogens is 374 g/mol. The smallest absolute Gasteiger partial charge is 0.343 e. The number of nitrogens with zero attached hydrogens (tertiary/aromatic N) is 1. The average molecular weight is 398 g/mol. The van der Waals surface area contributed by atoms with Gasteiger partial charge in [0.1, 0.15) is 11.9 Å². The SMILES string of the molecule is CC(O)c1oc(=O)c2ccccc2c1C1=CCCN(Cc2ccccc2)C1.Cl. The second kappa shape index (κ2) is 8.74. The summed E-state index contributed by atoms with van der Waals surface area (Å²) in [6.07, 6.45) is 2.28. The summed E-state index contributed by atoms with van der Waals surface area (Å²) in [5.41, 5.74) is 2.84. The lowest BCUT2D eigenvalue weighted by Gasteiger charge is -2.28. The molecule has 5 heteroatoms. The van der Waals surface area contributed by atoms with Crippen LogP contribution in [0, 0.1) is 0 Å². The largest absolute Gasteiger partial charge is 0.424 e. The van der Waals surface area contributed by atoms with E-state index in [1.165, 1.54) is 5.56 Å². The minimum absolute atomic E-state index is 0. The van der Waals surface area contributed by atoms with Crippen molar-refractivity contribution in [2.75, 3.05) is 13.1 Å². The maximum absolute atomic E-state index is 12.3. The van der Waals surface area contributed by atoms with Crippen LogP contribution in [0.3, 0.4) is 0 Å². The van der Waals surface area contributed by atoms with Gasteiger partial charge in [0.2, 0.25) is 0 Å². The van der Waals surface area contributed by atoms with E-state index in [1.807, 2.05) is 24.3 Å². The number of aliphatic hydroxyl groups is 1. The summed E-state index contributed by atoms with van der Waals surface area (Å²) in [6, 6.07) is 17.9. The fourth-order valence-corrected chi connectivity index (χ4v) is 3.81. The quantitative estimate of drug-likeness (QED) is 0.701. The molecule has 1 aliphatic rings. The van der Waals surface area contributed by atoms with Crippen molar-refractivity contribution in [1.29, 1.82) is 0 Å². The Hall–Kier alpha value is -2.40. The predicted molar refractivity (Wildman–Crippen MR) is 115 cm³/mol. The molecule has 1 aliphatic heterocycles. The molecule has 4 nitrogen and oxygen atoms in total. The van der Waals surface area contributed by atoms with Crippen LogP contribution in [0.15, 0.2) is 69.9 Å². The first-order valence-electron chi connectivity index (χ1n) is 9.33. The standard InChI is InChI=1S/C23H23NO3.ClH/c1-16(25)22-21(19-11-5-6-12-20(19)23(26)27-22)18-10-7-13-24(15-18)14-17-8-3-2-4-9-17;/h2-6,8-12,16,25H,7,13-15H2,1H3;1H. The number of aliphatic hydroxyl groups excluding tert-OH is 1. The molecule has 0 radical (unpaired) electrons. The molecule has 4 rings (SSSR count). The highest BCUT2D eigenvalue weighted by molar-refractivity contribution is 5.94. The van der Waals surface area contributed by atoms with E-state index in [9.17, 15) is 9.90 Å². The van der Waals surface area contributed by atoms with E-state index >= 15 is 0 Å². The first kappa shape index (κ1) is 20.3. The molecule has 1 unspecified atom stereocenters. The molecule has 2 heterocycles. The Morgan fingerprint density at radius 2 is 1.75 bits per heavy atom. The van der Waals surface area contributed by atoms with E-state index < -0.39 is 11.7 Å². The molecular formula is C23H24ClNO3. The molecule has 0 bridgehead atoms. The van der Waals surface area contributed by atoms with Crippen molar-refractivity contribution < 1.29 is 9.52 Å². The van der Waals surface area contributed by atoms with Crippen LogP contribution in [0.5, 0.6) is 0 Å². The van der Waals surface area contributed by atoms with Gasteiger partial charge >= 0.3 is 5.63 Å². The van der Waals surface area contributed by atoms with Gasteiger partial charge in [-0.25, -0.2) is 4.79 Å². The Kier molecular flexibility index (Phi) is 6.35. The molecule has 0 amide bonds. The monoisotopic (exact) mass is 397 g/mol. The van der Waals surface area contributed by atoms with Crippen molar-refractivity contribution in [2.24, 2.45) is 0 Å². The minimum Gasteiger partial charge on any atom is -0.424 e. The van der Waals surface area contributed by atoms with E-state index in [0.29, 0.717) is 11.1 Å². The molecule has 0 fully saturated rings. The fraction of sp³-hybridized carbons (Fsp3) is 0.261. The predicted octanol–water partition coefficient (Wildman–Crippen LogP) is 4.56. The molecule has 1 atom stereocenters. The maximum Gasteiger partial charge on any atom is 0.343 e. The van der Waals surface area contributed by atoms with E-state index in [1.54, 1.807) is 13.0 Å². The molecule has 0 saturated carbocycles. The van der Waals surface area contributed by atoms with Crippen LogP contribution in [0.1, 0.15) is 36.3 Å². The van der Waals surface area contributed by atoms with Crippen LogP contribution >= 0.6 is 12.4 Å². The maximum atomic E-state index is 12.3. The minimum atomic E-state index is -0.845. The second-order valence-electron chi connectivity index (χ2n) is 7.06. The fourth-order valence-electron chi connectivity index (χ4n) is 3.81. The first-order valence-corrected chi connectivity index (χ1v) is 9.33. The summed E-state index contributed by atoms with van der Waals surface area (Å²) in [5.74, 6) is 0.353. The Balaban J connectivity index is 0.00000225. The summed E-state index contributed by atoms with van der Waals surface area (Å²) in [7, 11) is 0. The molecule has 3 aromatic rings. The lowest BCUT2D eigenvalue weighted by atomic mass is 9.93. The van der Waals surface area contributed by atoms with Crippen molar-refractivity contribution >= 4 is 28.8 Å². The van der Waals surface area contributed by atoms with Crippen LogP contribution in [0.4, 0.5) is 0 Å². The third kappa shape index (κ3) is 4.04. The molecule has 1 N–H and O–H groups in total. The zero-order valence-corrected chi connectivity index (χ0v) is 16.6. The van der Waals surface area contributed by atoms with Gasteiger partial charge in [-0.3, -0.25) is 4.90 Å². The highest BCUT2D eigenvalue weighted by Crippen LogP contribution is 2.33. The Morgan fingerprint density at radius 3 is 2.46 bits per heavy atom. The van der Waals surface area contributed by atoms with Gasteiger partial charge in [0.15, 0.2) is 0 Å². The molecule has 1 aromatic heterocycles. The summed E-state index contributed by atoms with van der Waals surface area (Å²) in [5, 5.41) is 11.6. The first-order chi connectivity index (χ1) is 13.1. The average Bonchev–Trinajstić information content (AvgIpc) is 2.69. The Bertz CT molecular complexity index is 1040. The molecule has 2 aromatic carbocycles. The number of hydrogen-bond acceptors (Lipinski definition) is 4. The zero-order valence-electron chi connectivity index (χ0n) is 15.8. The van der Waals surface area contributed by atoms with Gasteiger partial charge in [0, 0.05) is 25.2 Å². The Labute approximate surface area is 170 Å². The van der Waals surface area contributed by atoms with Gasteiger partial charge in [0.05, 0.1) is 5.39 Å². The van der Waals surface area contributed by atoms with Gasteiger partial charge in [-0.05, 0) is 35.9 Å². The van der Waals surface area contributed by atoms with Crippen molar-refractivity contribution in [3.05, 3.63) is 88.0 Å². The van der Waals surface area contributed by atoms with Crippen molar-refractivity contribution in [1.82, 2.24) is 4.90 Å². The number of hydrogen-bond donors (Lipinski definition) is 1. The van der Waals surface area contributed by atoms with Gasteiger partial charge in [-0.1, -0.05) is 54.6 Å². The topological polar surface area (TPSA) is 53.7 Å². The van der Waals surface area contributed by atoms with Crippen LogP contribution < -0.4 is 5.63 Å². The summed E-state index contributed by atoms with van der Waals surface area (Å²) >= 11 is 0. The van der Waals surface area contributed by atoms with Crippen LogP contribution in [0.2, 0.25) is 0 Å². The van der Waals surface area contributed by atoms with Gasteiger partial charge in [-0.15, -0.1) is 12.4 Å². The van der Waals surface area contributed by atoms with Crippen LogP contribution in [0.25, 0.3) is 16.3 Å². The second-order valence-corrected chi connectivity index (χ2v) is 7.06. The van der Waals surface area contributed by atoms with Gasteiger partial charge in [-0.2, -0.15) is 0 Å². The van der Waals surface area contributed by atoms with Crippen LogP contribution in [-0.4, -0.2) is 23.1 Å². The number of benzene rings is 2. The molecule has 0 aliphatic carbocycles. The van der Waals surface area contributed by atoms with Gasteiger partial charge < -0.3 is 9.52 Å². The summed E-state index contributed by atoms with van der Waals surface area (Å²) in [4.78, 5) is 14.7. The molecule has 0 spiro atoms. The number of fused-ring (bicyclic) bond motifs is 1. The summed E-state index contributed by atoms with van der Waals surface area (Å²) in [6.45, 7) is 4.25. The summed E-state index contributed by atoms with van der Waals surface area (Å²) < 4.78 is 5.52. The van der Waals surface area contributed by atoms with Crippen molar-refractivity contribution in [3.8, 4) is 0 Å². The van der Waals surface area contributed by atoms with Crippen molar-refractivity contribution in [2.45, 2.75) is 26.0 Å².